The van der Waals surface area contributed by atoms with Crippen LogP contribution in [0.1, 0.15) is 50.0 Å². The van der Waals surface area contributed by atoms with E-state index in [2.05, 4.69) is 5.32 Å². The van der Waals surface area contributed by atoms with Crippen LogP contribution in [0.15, 0.2) is 84.9 Å². The highest BCUT2D eigenvalue weighted by atomic mass is 19.1. The molecule has 0 radical (unpaired) electrons. The van der Waals surface area contributed by atoms with E-state index in [0.29, 0.717) is 42.4 Å². The molecule has 1 aliphatic heterocycles. The van der Waals surface area contributed by atoms with Gasteiger partial charge in [0.05, 0.1) is 32.0 Å². The van der Waals surface area contributed by atoms with Crippen molar-refractivity contribution in [3.8, 4) is 39.5 Å². The molecule has 1 aliphatic rings. The first-order valence-electron chi connectivity index (χ1n) is 16.0. The molecule has 7 nitrogen and oxygen atoms in total. The summed E-state index contributed by atoms with van der Waals surface area (Å²) >= 11 is 0. The quantitative estimate of drug-likeness (QED) is 0.118. The highest BCUT2D eigenvalue weighted by Gasteiger charge is 2.50. The van der Waals surface area contributed by atoms with E-state index in [9.17, 15) is 9.18 Å². The van der Waals surface area contributed by atoms with E-state index in [1.807, 2.05) is 82.3 Å². The van der Waals surface area contributed by atoms with Gasteiger partial charge in [0.25, 0.3) is 5.91 Å². The van der Waals surface area contributed by atoms with Crippen molar-refractivity contribution in [1.29, 1.82) is 0 Å². The number of carbonyl (C=O) groups is 1. The first-order chi connectivity index (χ1) is 22.5. The van der Waals surface area contributed by atoms with Gasteiger partial charge in [0, 0.05) is 17.7 Å². The molecule has 0 unspecified atom stereocenters. The van der Waals surface area contributed by atoms with Crippen LogP contribution in [0, 0.1) is 5.82 Å². The maximum atomic E-state index is 14.3. The lowest BCUT2D eigenvalue weighted by Crippen LogP contribution is -2.41. The molecule has 5 rings (SSSR count). The Morgan fingerprint density at radius 3 is 2.23 bits per heavy atom. The van der Waals surface area contributed by atoms with Gasteiger partial charge in [-0.1, -0.05) is 30.3 Å². The largest absolute Gasteiger partial charge is 0.497 e. The fourth-order valence-electron chi connectivity index (χ4n) is 5.59. The van der Waals surface area contributed by atoms with Gasteiger partial charge in [0.2, 0.25) is 0 Å². The molecule has 1 N–H and O–H groups in total. The first kappa shape index (κ1) is 34.0. The second-order valence-corrected chi connectivity index (χ2v) is 12.7. The van der Waals surface area contributed by atoms with Gasteiger partial charge in [0.15, 0.2) is 0 Å². The van der Waals surface area contributed by atoms with E-state index < -0.39 is 0 Å². The summed E-state index contributed by atoms with van der Waals surface area (Å²) in [7, 11) is 2.95. The van der Waals surface area contributed by atoms with Gasteiger partial charge in [-0.05, 0) is 124 Å². The Balaban J connectivity index is 1.24. The lowest BCUT2D eigenvalue weighted by atomic mass is 9.83. The number of benzene rings is 4. The number of halogens is 1. The Morgan fingerprint density at radius 1 is 0.809 bits per heavy atom. The minimum Gasteiger partial charge on any atom is -0.497 e. The van der Waals surface area contributed by atoms with Crippen molar-refractivity contribution in [3.63, 3.8) is 0 Å². The maximum absolute atomic E-state index is 14.3. The average molecular weight is 640 g/mol. The van der Waals surface area contributed by atoms with Gasteiger partial charge in [0.1, 0.15) is 23.1 Å². The van der Waals surface area contributed by atoms with Gasteiger partial charge in [-0.15, -0.1) is 0 Å². The molecule has 0 bridgehead atoms. The topological polar surface area (TPSA) is 75.3 Å². The Hall–Kier alpha value is -4.34. The van der Waals surface area contributed by atoms with Crippen molar-refractivity contribution in [1.82, 2.24) is 5.32 Å². The van der Waals surface area contributed by atoms with Gasteiger partial charge in [-0.2, -0.15) is 0 Å². The van der Waals surface area contributed by atoms with Crippen LogP contribution < -0.4 is 19.5 Å². The lowest BCUT2D eigenvalue weighted by molar-refractivity contribution is 0.00578. The molecule has 1 amide bonds. The monoisotopic (exact) mass is 639 g/mol. The molecule has 4 aromatic rings. The van der Waals surface area contributed by atoms with Gasteiger partial charge >= 0.3 is 7.12 Å². The Kier molecular flexibility index (Phi) is 10.6. The Bertz CT molecular complexity index is 1690. The summed E-state index contributed by atoms with van der Waals surface area (Å²) in [6.45, 7) is 9.05. The number of methoxy groups -OCH3 is 2. The number of hydrogen-bond acceptors (Lipinski definition) is 6. The summed E-state index contributed by atoms with van der Waals surface area (Å²) in [4.78, 5) is 13.2. The van der Waals surface area contributed by atoms with E-state index in [-0.39, 0.29) is 30.0 Å². The maximum Gasteiger partial charge on any atom is 0.457 e. The second kappa shape index (κ2) is 14.6. The minimum absolute atomic E-state index is 0.203. The predicted molar refractivity (Wildman–Crippen MR) is 184 cm³/mol. The SMILES string of the molecule is COc1cccc(-c2cc(C(=O)NCCc3ccc(OCCCB4OC(C)(C)C(C)(C)O4)cc3-c3cccc(F)c3)ccc2OC)c1. The molecule has 9 heteroatoms. The predicted octanol–water partition coefficient (Wildman–Crippen LogP) is 8.01. The molecule has 0 spiro atoms. The van der Waals surface area contributed by atoms with Crippen LogP contribution in [-0.4, -0.2) is 51.6 Å². The van der Waals surface area contributed by atoms with Crippen molar-refractivity contribution in [2.45, 2.75) is 58.1 Å². The van der Waals surface area contributed by atoms with Crippen LogP contribution in [-0.2, 0) is 15.7 Å². The number of hydrogen-bond donors (Lipinski definition) is 1. The number of carbonyl (C=O) groups excluding carboxylic acids is 1. The molecular weight excluding hydrogens is 596 g/mol. The van der Waals surface area contributed by atoms with Crippen molar-refractivity contribution < 1.29 is 32.7 Å². The van der Waals surface area contributed by atoms with Crippen molar-refractivity contribution in [3.05, 3.63) is 102 Å². The van der Waals surface area contributed by atoms with E-state index in [0.717, 1.165) is 40.6 Å². The molecule has 47 heavy (non-hydrogen) atoms. The number of ether oxygens (including phenoxy) is 3. The third-order valence-electron chi connectivity index (χ3n) is 8.89. The fraction of sp³-hybridized carbons (Fsp3) is 0.342. The summed E-state index contributed by atoms with van der Waals surface area (Å²) in [5, 5.41) is 3.04. The average Bonchev–Trinajstić information content (AvgIpc) is 3.28. The summed E-state index contributed by atoms with van der Waals surface area (Å²) in [5.74, 6) is 1.54. The zero-order valence-electron chi connectivity index (χ0n) is 28.0. The highest BCUT2D eigenvalue weighted by molar-refractivity contribution is 6.45. The summed E-state index contributed by atoms with van der Waals surface area (Å²) < 4.78 is 43.5. The van der Waals surface area contributed by atoms with Crippen LogP contribution in [0.25, 0.3) is 22.3 Å². The molecule has 1 fully saturated rings. The van der Waals surface area contributed by atoms with E-state index in [1.54, 1.807) is 32.4 Å². The smallest absolute Gasteiger partial charge is 0.457 e. The fourth-order valence-corrected chi connectivity index (χ4v) is 5.59. The van der Waals surface area contributed by atoms with Crippen LogP contribution in [0.3, 0.4) is 0 Å². The molecule has 0 saturated carbocycles. The van der Waals surface area contributed by atoms with Crippen molar-refractivity contribution in [2.75, 3.05) is 27.4 Å². The molecular formula is C38H43BFNO6. The molecule has 1 heterocycles. The number of rotatable bonds is 13. The molecule has 0 atom stereocenters. The Morgan fingerprint density at radius 2 is 1.53 bits per heavy atom. The zero-order chi connectivity index (χ0) is 33.6. The van der Waals surface area contributed by atoms with Crippen LogP contribution in [0.5, 0.6) is 17.2 Å². The summed E-state index contributed by atoms with van der Waals surface area (Å²) in [5.41, 5.74) is 4.03. The van der Waals surface area contributed by atoms with Crippen molar-refractivity contribution >= 4 is 13.0 Å². The highest BCUT2D eigenvalue weighted by Crippen LogP contribution is 2.38. The molecule has 0 aromatic heterocycles. The van der Waals surface area contributed by atoms with Gasteiger partial charge in [-0.25, -0.2) is 4.39 Å². The lowest BCUT2D eigenvalue weighted by Gasteiger charge is -2.32. The number of nitrogens with one attached hydrogen (secondary N) is 1. The normalized spacial score (nSPS) is 14.9. The van der Waals surface area contributed by atoms with E-state index >= 15 is 0 Å². The zero-order valence-corrected chi connectivity index (χ0v) is 28.0. The Labute approximate surface area is 277 Å². The summed E-state index contributed by atoms with van der Waals surface area (Å²) in [6.07, 6.45) is 2.01. The third-order valence-corrected chi connectivity index (χ3v) is 8.89. The number of amides is 1. The molecule has 246 valence electrons. The summed E-state index contributed by atoms with van der Waals surface area (Å²) in [6, 6.07) is 25.3. The van der Waals surface area contributed by atoms with Crippen LogP contribution in [0.4, 0.5) is 4.39 Å². The van der Waals surface area contributed by atoms with Gasteiger partial charge in [-0.3, -0.25) is 4.79 Å². The van der Waals surface area contributed by atoms with Gasteiger partial charge < -0.3 is 28.8 Å². The second-order valence-electron chi connectivity index (χ2n) is 12.7. The van der Waals surface area contributed by atoms with Crippen LogP contribution in [0.2, 0.25) is 6.32 Å². The van der Waals surface area contributed by atoms with Crippen LogP contribution >= 0.6 is 0 Å². The third kappa shape index (κ3) is 8.15. The molecule has 1 saturated heterocycles. The molecule has 4 aromatic carbocycles. The first-order valence-corrected chi connectivity index (χ1v) is 16.0. The van der Waals surface area contributed by atoms with Crippen molar-refractivity contribution in [2.24, 2.45) is 0 Å². The standard InChI is InChI=1S/C38H43BFNO6/c1-37(2)38(3,4)47-39(46-37)19-9-21-45-32-16-14-26(33(25-32)27-10-7-12-30(40)22-27)18-20-41-36(42)29-15-17-35(44-6)34(24-29)28-11-8-13-31(23-28)43-5/h7-8,10-17,22-25H,9,18-21H2,1-6H3,(H,41,42). The van der Waals surface area contributed by atoms with E-state index in [4.69, 9.17) is 23.5 Å². The van der Waals surface area contributed by atoms with E-state index in [1.165, 1.54) is 12.1 Å². The minimum atomic E-state index is -0.359. The molecule has 0 aliphatic carbocycles.